The van der Waals surface area contributed by atoms with Crippen molar-refractivity contribution >= 4 is 11.4 Å². The van der Waals surface area contributed by atoms with Crippen molar-refractivity contribution in [3.8, 4) is 11.5 Å². The summed E-state index contributed by atoms with van der Waals surface area (Å²) >= 11 is 0. The first-order valence-corrected chi connectivity index (χ1v) is 14.2. The van der Waals surface area contributed by atoms with Crippen LogP contribution in [0.25, 0.3) is 0 Å². The third-order valence-electron chi connectivity index (χ3n) is 6.59. The SMILES string of the molecule is Nc1ccc(OCCCCCCCCCCCCCCCCCCCOc2ccc(N)cc2)cc1. The Morgan fingerprint density at radius 3 is 0.829 bits per heavy atom. The van der Waals surface area contributed by atoms with Crippen molar-refractivity contribution in [2.45, 2.75) is 109 Å². The van der Waals surface area contributed by atoms with Crippen LogP contribution in [0.5, 0.6) is 11.5 Å². The van der Waals surface area contributed by atoms with Crippen molar-refractivity contribution in [3.63, 3.8) is 0 Å². The number of ether oxygens (including phenoxy) is 2. The van der Waals surface area contributed by atoms with Gasteiger partial charge in [-0.15, -0.1) is 0 Å². The molecule has 0 amide bonds. The van der Waals surface area contributed by atoms with E-state index in [9.17, 15) is 0 Å². The molecule has 0 aromatic heterocycles. The number of hydrogen-bond donors (Lipinski definition) is 2. The molecular formula is C31H50N2O2. The Labute approximate surface area is 214 Å². The van der Waals surface area contributed by atoms with Crippen LogP contribution in [-0.4, -0.2) is 13.2 Å². The van der Waals surface area contributed by atoms with Gasteiger partial charge in [0.1, 0.15) is 11.5 Å². The summed E-state index contributed by atoms with van der Waals surface area (Å²) in [5, 5.41) is 0. The second kappa shape index (κ2) is 19.9. The minimum Gasteiger partial charge on any atom is -0.494 e. The molecule has 0 radical (unpaired) electrons. The van der Waals surface area contributed by atoms with Gasteiger partial charge in [-0.2, -0.15) is 0 Å². The highest BCUT2D eigenvalue weighted by Gasteiger charge is 1.97. The van der Waals surface area contributed by atoms with Gasteiger partial charge in [0.05, 0.1) is 13.2 Å². The van der Waals surface area contributed by atoms with E-state index in [1.54, 1.807) is 0 Å². The van der Waals surface area contributed by atoms with Crippen LogP contribution in [0.2, 0.25) is 0 Å². The van der Waals surface area contributed by atoms with Crippen LogP contribution in [0.3, 0.4) is 0 Å². The molecule has 0 heterocycles. The van der Waals surface area contributed by atoms with Crippen molar-refractivity contribution in [1.82, 2.24) is 0 Å². The lowest BCUT2D eigenvalue weighted by Crippen LogP contribution is -1.97. The number of nitrogens with two attached hydrogens (primary N) is 2. The lowest BCUT2D eigenvalue weighted by Gasteiger charge is -2.07. The second-order valence-electron chi connectivity index (χ2n) is 9.85. The van der Waals surface area contributed by atoms with E-state index in [1.807, 2.05) is 48.5 Å². The number of unbranched alkanes of at least 4 members (excludes halogenated alkanes) is 16. The topological polar surface area (TPSA) is 70.5 Å². The van der Waals surface area contributed by atoms with E-state index in [1.165, 1.54) is 96.3 Å². The zero-order valence-electron chi connectivity index (χ0n) is 22.0. The van der Waals surface area contributed by atoms with Crippen LogP contribution < -0.4 is 20.9 Å². The molecule has 0 aliphatic rings. The van der Waals surface area contributed by atoms with Crippen molar-refractivity contribution in [2.24, 2.45) is 0 Å². The lowest BCUT2D eigenvalue weighted by molar-refractivity contribution is 0.304. The Morgan fingerprint density at radius 2 is 0.571 bits per heavy atom. The van der Waals surface area contributed by atoms with E-state index in [4.69, 9.17) is 20.9 Å². The van der Waals surface area contributed by atoms with Crippen LogP contribution >= 0.6 is 0 Å². The highest BCUT2D eigenvalue weighted by molar-refractivity contribution is 5.42. The summed E-state index contributed by atoms with van der Waals surface area (Å²) in [6, 6.07) is 15.3. The third kappa shape index (κ3) is 16.0. The van der Waals surface area contributed by atoms with Gasteiger partial charge in [-0.1, -0.05) is 96.3 Å². The van der Waals surface area contributed by atoms with Crippen molar-refractivity contribution < 1.29 is 9.47 Å². The second-order valence-corrected chi connectivity index (χ2v) is 9.85. The average molecular weight is 483 g/mol. The lowest BCUT2D eigenvalue weighted by atomic mass is 10.0. The van der Waals surface area contributed by atoms with Gasteiger partial charge in [0.2, 0.25) is 0 Å². The fourth-order valence-electron chi connectivity index (χ4n) is 4.36. The summed E-state index contributed by atoms with van der Waals surface area (Å²) in [4.78, 5) is 0. The number of anilines is 2. The molecule has 0 fully saturated rings. The van der Waals surface area contributed by atoms with E-state index in [0.29, 0.717) is 0 Å². The zero-order chi connectivity index (χ0) is 24.8. The minimum absolute atomic E-state index is 0.785. The van der Waals surface area contributed by atoms with E-state index in [2.05, 4.69) is 0 Å². The van der Waals surface area contributed by atoms with Crippen LogP contribution in [-0.2, 0) is 0 Å². The molecule has 0 saturated heterocycles. The zero-order valence-corrected chi connectivity index (χ0v) is 22.0. The normalized spacial score (nSPS) is 11.0. The molecule has 0 bridgehead atoms. The Balaban J connectivity index is 1.21. The highest BCUT2D eigenvalue weighted by atomic mass is 16.5. The first kappa shape index (κ1) is 28.9. The average Bonchev–Trinajstić information content (AvgIpc) is 2.87. The standard InChI is InChI=1S/C31H50N2O2/c32-28-18-22-30(23-19-28)34-26-16-14-12-10-8-6-4-2-1-3-5-7-9-11-13-15-17-27-35-31-24-20-29(33)21-25-31/h18-25H,1-17,26-27,32-33H2. The fraction of sp³-hybridized carbons (Fsp3) is 0.613. The Kier molecular flexibility index (Phi) is 16.4. The maximum absolute atomic E-state index is 5.75. The molecular weight excluding hydrogens is 432 g/mol. The maximum Gasteiger partial charge on any atom is 0.119 e. The number of benzene rings is 2. The maximum atomic E-state index is 5.75. The molecule has 2 aromatic rings. The van der Waals surface area contributed by atoms with Gasteiger partial charge in [-0.3, -0.25) is 0 Å². The van der Waals surface area contributed by atoms with E-state index < -0.39 is 0 Å². The molecule has 4 nitrogen and oxygen atoms in total. The van der Waals surface area contributed by atoms with Gasteiger partial charge in [0.15, 0.2) is 0 Å². The van der Waals surface area contributed by atoms with Crippen molar-refractivity contribution in [2.75, 3.05) is 24.7 Å². The molecule has 0 saturated carbocycles. The number of hydrogen-bond acceptors (Lipinski definition) is 4. The van der Waals surface area contributed by atoms with Crippen LogP contribution in [0.15, 0.2) is 48.5 Å². The molecule has 4 heteroatoms. The molecule has 2 rings (SSSR count). The predicted octanol–water partition coefficient (Wildman–Crippen LogP) is 8.94. The summed E-state index contributed by atoms with van der Waals surface area (Å²) in [5.74, 6) is 1.85. The summed E-state index contributed by atoms with van der Waals surface area (Å²) in [5.41, 5.74) is 12.9. The molecule has 4 N–H and O–H groups in total. The molecule has 2 aromatic carbocycles. The van der Waals surface area contributed by atoms with Crippen LogP contribution in [0, 0.1) is 0 Å². The monoisotopic (exact) mass is 482 g/mol. The molecule has 0 aliphatic carbocycles. The molecule has 0 spiro atoms. The van der Waals surface area contributed by atoms with Gasteiger partial charge in [-0.05, 0) is 61.4 Å². The Hall–Kier alpha value is -2.36. The van der Waals surface area contributed by atoms with Gasteiger partial charge < -0.3 is 20.9 Å². The quantitative estimate of drug-likeness (QED) is 0.130. The number of nitrogen functional groups attached to an aromatic ring is 2. The fourth-order valence-corrected chi connectivity index (χ4v) is 4.36. The predicted molar refractivity (Wildman–Crippen MR) is 151 cm³/mol. The molecule has 196 valence electrons. The van der Waals surface area contributed by atoms with E-state index >= 15 is 0 Å². The molecule has 35 heavy (non-hydrogen) atoms. The van der Waals surface area contributed by atoms with Gasteiger partial charge in [0.25, 0.3) is 0 Å². The van der Waals surface area contributed by atoms with Crippen molar-refractivity contribution in [3.05, 3.63) is 48.5 Å². The third-order valence-corrected chi connectivity index (χ3v) is 6.59. The van der Waals surface area contributed by atoms with Gasteiger partial charge >= 0.3 is 0 Å². The number of rotatable bonds is 22. The van der Waals surface area contributed by atoms with E-state index in [-0.39, 0.29) is 0 Å². The first-order chi connectivity index (χ1) is 17.2. The van der Waals surface area contributed by atoms with Gasteiger partial charge in [-0.25, -0.2) is 0 Å². The van der Waals surface area contributed by atoms with Crippen LogP contribution in [0.1, 0.15) is 109 Å². The smallest absolute Gasteiger partial charge is 0.119 e. The highest BCUT2D eigenvalue weighted by Crippen LogP contribution is 2.17. The molecule has 0 aliphatic heterocycles. The summed E-state index contributed by atoms with van der Waals surface area (Å²) < 4.78 is 11.5. The van der Waals surface area contributed by atoms with E-state index in [0.717, 1.165) is 48.9 Å². The Bertz CT molecular complexity index is 667. The minimum atomic E-state index is 0.785. The van der Waals surface area contributed by atoms with Crippen LogP contribution in [0.4, 0.5) is 11.4 Å². The van der Waals surface area contributed by atoms with Gasteiger partial charge in [0, 0.05) is 11.4 Å². The molecule has 0 atom stereocenters. The summed E-state index contributed by atoms with van der Waals surface area (Å²) in [6.07, 6.45) is 22.9. The molecule has 0 unspecified atom stereocenters. The first-order valence-electron chi connectivity index (χ1n) is 14.2. The largest absolute Gasteiger partial charge is 0.494 e. The summed E-state index contributed by atoms with van der Waals surface area (Å²) in [7, 11) is 0. The Morgan fingerprint density at radius 1 is 0.343 bits per heavy atom. The van der Waals surface area contributed by atoms with Crippen molar-refractivity contribution in [1.29, 1.82) is 0 Å². The summed E-state index contributed by atoms with van der Waals surface area (Å²) in [6.45, 7) is 1.62.